The third-order valence-electron chi connectivity index (χ3n) is 12.1. The van der Waals surface area contributed by atoms with Crippen LogP contribution in [0.3, 0.4) is 0 Å². The maximum absolute atomic E-state index is 6.83. The van der Waals surface area contributed by atoms with Crippen LogP contribution in [0.1, 0.15) is 22.3 Å². The van der Waals surface area contributed by atoms with Gasteiger partial charge < -0.3 is 18.9 Å². The highest BCUT2D eigenvalue weighted by molar-refractivity contribution is 6.09. The Morgan fingerprint density at radius 3 is 1.66 bits per heavy atom. The number of rotatable bonds is 6. The van der Waals surface area contributed by atoms with Gasteiger partial charge in [-0.3, -0.25) is 0 Å². The summed E-state index contributed by atoms with van der Waals surface area (Å²) in [6.07, 6.45) is 0. The molecule has 1 aliphatic heterocycles. The second-order valence-electron chi connectivity index (χ2n) is 15.2. The molecule has 278 valence electrons. The van der Waals surface area contributed by atoms with Crippen molar-refractivity contribution in [1.82, 2.24) is 4.57 Å². The third-order valence-corrected chi connectivity index (χ3v) is 12.1. The molecule has 0 amide bonds. The zero-order valence-corrected chi connectivity index (χ0v) is 32.0. The topological polar surface area (TPSA) is 26.6 Å². The van der Waals surface area contributed by atoms with Gasteiger partial charge in [-0.25, -0.2) is 0 Å². The number of aromatic nitrogens is 1. The molecule has 0 saturated heterocycles. The monoisotopic (exact) mass is 756 g/mol. The van der Waals surface area contributed by atoms with Crippen molar-refractivity contribution in [3.05, 3.63) is 241 Å². The first-order valence-corrected chi connectivity index (χ1v) is 20.1. The summed E-state index contributed by atoms with van der Waals surface area (Å²) in [5.41, 5.74) is 12.9. The van der Waals surface area contributed by atoms with Gasteiger partial charge in [0.1, 0.15) is 0 Å². The molecular weight excluding hydrogens is 721 g/mol. The van der Waals surface area contributed by atoms with Crippen molar-refractivity contribution < 1.29 is 9.47 Å². The number of anilines is 3. The highest BCUT2D eigenvalue weighted by Gasteiger charge is 2.48. The van der Waals surface area contributed by atoms with E-state index in [9.17, 15) is 0 Å². The Morgan fingerprint density at radius 1 is 0.390 bits per heavy atom. The van der Waals surface area contributed by atoms with Crippen molar-refractivity contribution in [3.8, 4) is 39.8 Å². The quantitative estimate of drug-likeness (QED) is 0.169. The van der Waals surface area contributed by atoms with Gasteiger partial charge in [0.15, 0.2) is 23.0 Å². The van der Waals surface area contributed by atoms with Gasteiger partial charge in [0.25, 0.3) is 0 Å². The first kappa shape index (κ1) is 33.3. The Labute approximate surface area is 342 Å². The predicted octanol–water partition coefficient (Wildman–Crippen LogP) is 14.5. The standard InChI is InChI=1S/C55H36N2O2/c1-3-17-39(18-4-1)56(40-19-5-2-6-20-40)41-32-30-37(31-33-41)55(38-16-15-21-42(36-38)57-48-26-11-8-22-43(48)44-23-9-12-27-49(44)57)46-25-10-7-24-45(46)53-47(55)34-35-52-54(53)59-51-29-14-13-28-50(51)58-52/h1-36H. The van der Waals surface area contributed by atoms with Crippen molar-refractivity contribution in [3.63, 3.8) is 0 Å². The lowest BCUT2D eigenvalue weighted by Crippen LogP contribution is -2.29. The smallest absolute Gasteiger partial charge is 0.178 e. The van der Waals surface area contributed by atoms with Crippen LogP contribution < -0.4 is 14.4 Å². The second kappa shape index (κ2) is 13.1. The minimum Gasteiger partial charge on any atom is -0.449 e. The van der Waals surface area contributed by atoms with Crippen molar-refractivity contribution in [2.24, 2.45) is 0 Å². The van der Waals surface area contributed by atoms with Crippen molar-refractivity contribution in [2.75, 3.05) is 4.90 Å². The van der Waals surface area contributed by atoms with Gasteiger partial charge in [0.05, 0.1) is 16.4 Å². The molecular formula is C55H36N2O2. The Balaban J connectivity index is 1.12. The number of para-hydroxylation sites is 6. The molecule has 1 atom stereocenters. The Hall–Kier alpha value is -7.82. The second-order valence-corrected chi connectivity index (χ2v) is 15.2. The summed E-state index contributed by atoms with van der Waals surface area (Å²) in [5.74, 6) is 2.88. The Kier molecular flexibility index (Phi) is 7.41. The van der Waals surface area contributed by atoms with Crippen LogP contribution in [0.2, 0.25) is 0 Å². The number of hydrogen-bond donors (Lipinski definition) is 0. The van der Waals surface area contributed by atoms with Gasteiger partial charge in [0.2, 0.25) is 0 Å². The molecule has 2 heterocycles. The zero-order chi connectivity index (χ0) is 38.9. The molecule has 1 unspecified atom stereocenters. The average molecular weight is 757 g/mol. The molecule has 1 aromatic heterocycles. The molecule has 12 rings (SSSR count). The SMILES string of the molecule is c1ccc(N(c2ccccc2)c2ccc(C3(c4cccc(-n5c6ccccc6c6ccccc65)c4)c4ccccc4-c4c3ccc3c4Oc4ccccc4O3)cc2)cc1. The largest absolute Gasteiger partial charge is 0.449 e. The third kappa shape index (κ3) is 4.96. The lowest BCUT2D eigenvalue weighted by atomic mass is 9.67. The summed E-state index contributed by atoms with van der Waals surface area (Å²) in [6.45, 7) is 0. The highest BCUT2D eigenvalue weighted by atomic mass is 16.6. The Morgan fingerprint density at radius 2 is 0.966 bits per heavy atom. The molecule has 1 aliphatic carbocycles. The molecule has 0 N–H and O–H groups in total. The number of hydrogen-bond acceptors (Lipinski definition) is 3. The average Bonchev–Trinajstić information content (AvgIpc) is 3.81. The van der Waals surface area contributed by atoms with Crippen LogP contribution in [0.4, 0.5) is 17.1 Å². The van der Waals surface area contributed by atoms with E-state index < -0.39 is 5.41 Å². The van der Waals surface area contributed by atoms with Gasteiger partial charge in [-0.15, -0.1) is 0 Å². The molecule has 0 spiro atoms. The van der Waals surface area contributed by atoms with E-state index in [0.29, 0.717) is 17.2 Å². The van der Waals surface area contributed by atoms with Crippen LogP contribution in [-0.2, 0) is 5.41 Å². The van der Waals surface area contributed by atoms with Crippen molar-refractivity contribution >= 4 is 38.9 Å². The van der Waals surface area contributed by atoms with Crippen molar-refractivity contribution in [1.29, 1.82) is 0 Å². The van der Waals surface area contributed by atoms with Gasteiger partial charge in [-0.1, -0.05) is 140 Å². The van der Waals surface area contributed by atoms with Gasteiger partial charge in [-0.2, -0.15) is 0 Å². The zero-order valence-electron chi connectivity index (χ0n) is 32.0. The molecule has 0 radical (unpaired) electrons. The number of benzene rings is 9. The van der Waals surface area contributed by atoms with E-state index in [4.69, 9.17) is 9.47 Å². The van der Waals surface area contributed by atoms with Gasteiger partial charge >= 0.3 is 0 Å². The van der Waals surface area contributed by atoms with Crippen LogP contribution in [0, 0.1) is 0 Å². The minimum atomic E-state index is -0.709. The predicted molar refractivity (Wildman–Crippen MR) is 239 cm³/mol. The lowest BCUT2D eigenvalue weighted by molar-refractivity contribution is 0.360. The first-order valence-electron chi connectivity index (χ1n) is 20.1. The molecule has 0 saturated carbocycles. The van der Waals surface area contributed by atoms with E-state index in [-0.39, 0.29) is 0 Å². The van der Waals surface area contributed by atoms with E-state index in [1.807, 2.05) is 24.3 Å². The minimum absolute atomic E-state index is 0.709. The summed E-state index contributed by atoms with van der Waals surface area (Å²) in [7, 11) is 0. The summed E-state index contributed by atoms with van der Waals surface area (Å²) in [5, 5.41) is 2.47. The fourth-order valence-electron chi connectivity index (χ4n) is 9.68. The molecule has 10 aromatic rings. The van der Waals surface area contributed by atoms with Crippen LogP contribution in [-0.4, -0.2) is 4.57 Å². The molecule has 0 fully saturated rings. The fourth-order valence-corrected chi connectivity index (χ4v) is 9.68. The molecule has 4 nitrogen and oxygen atoms in total. The van der Waals surface area contributed by atoms with Crippen molar-refractivity contribution in [2.45, 2.75) is 5.41 Å². The molecule has 59 heavy (non-hydrogen) atoms. The fraction of sp³-hybridized carbons (Fsp3) is 0.0182. The number of ether oxygens (including phenoxy) is 2. The summed E-state index contributed by atoms with van der Waals surface area (Å²) in [4.78, 5) is 2.31. The molecule has 4 heteroatoms. The van der Waals surface area contributed by atoms with Gasteiger partial charge in [0, 0.05) is 39.1 Å². The van der Waals surface area contributed by atoms with Crippen LogP contribution in [0.5, 0.6) is 23.0 Å². The molecule has 2 aliphatic rings. The number of nitrogens with zero attached hydrogens (tertiary/aromatic N) is 2. The highest BCUT2D eigenvalue weighted by Crippen LogP contribution is 2.62. The molecule has 0 bridgehead atoms. The summed E-state index contributed by atoms with van der Waals surface area (Å²) in [6, 6.07) is 77.9. The maximum atomic E-state index is 6.83. The summed E-state index contributed by atoms with van der Waals surface area (Å²) < 4.78 is 15.8. The van der Waals surface area contributed by atoms with E-state index in [1.54, 1.807) is 0 Å². The van der Waals surface area contributed by atoms with Crippen LogP contribution in [0.25, 0.3) is 38.6 Å². The van der Waals surface area contributed by atoms with Gasteiger partial charge in [-0.05, 0) is 107 Å². The van der Waals surface area contributed by atoms with E-state index in [2.05, 4.69) is 204 Å². The Bertz CT molecular complexity index is 3130. The number of fused-ring (bicyclic) bond motifs is 9. The maximum Gasteiger partial charge on any atom is 0.178 e. The van der Waals surface area contributed by atoms with Crippen LogP contribution in [0.15, 0.2) is 218 Å². The van der Waals surface area contributed by atoms with E-state index in [1.165, 1.54) is 27.4 Å². The van der Waals surface area contributed by atoms with Crippen LogP contribution >= 0.6 is 0 Å². The first-order chi connectivity index (χ1) is 29.3. The summed E-state index contributed by atoms with van der Waals surface area (Å²) >= 11 is 0. The van der Waals surface area contributed by atoms with E-state index >= 15 is 0 Å². The normalized spacial score (nSPS) is 14.8. The van der Waals surface area contributed by atoms with E-state index in [0.717, 1.165) is 56.3 Å². The lowest BCUT2D eigenvalue weighted by Gasteiger charge is -2.35. The molecule has 9 aromatic carbocycles.